The molecule has 0 saturated carbocycles. The number of carbonyl (C=O) groups is 2. The van der Waals surface area contributed by atoms with Gasteiger partial charge in [0, 0.05) is 97.1 Å². The molecule has 4 aromatic carbocycles. The minimum absolute atomic E-state index is 0. The minimum Gasteiger partial charge on any atom is -0.504 e. The fourth-order valence-electron chi connectivity index (χ4n) is 6.20. The fourth-order valence-corrected chi connectivity index (χ4v) is 6.61. The number of benzene rings is 4. The van der Waals surface area contributed by atoms with Gasteiger partial charge in [0.15, 0.2) is 45.7 Å². The predicted molar refractivity (Wildman–Crippen MR) is 294 cm³/mol. The molecule has 0 fully saturated rings. The molecule has 0 atom stereocenters. The second-order valence-electron chi connectivity index (χ2n) is 16.5. The van der Waals surface area contributed by atoms with E-state index in [0.29, 0.717) is 22.8 Å². The molecule has 4 aromatic heterocycles. The van der Waals surface area contributed by atoms with E-state index >= 15 is 0 Å². The van der Waals surface area contributed by atoms with Crippen LogP contribution in [0.4, 0.5) is 79.6 Å². The normalized spacial score (nSPS) is 10.7. The van der Waals surface area contributed by atoms with E-state index in [4.69, 9.17) is 23.2 Å². The van der Waals surface area contributed by atoms with Gasteiger partial charge in [-0.1, -0.05) is 23.2 Å². The molecule has 0 radical (unpaired) electrons. The molecular formula is C44H40Cl2Cr2N22O18. The van der Waals surface area contributed by atoms with Crippen molar-refractivity contribution in [2.75, 3.05) is 10.6 Å². The number of nitro groups is 4. The van der Waals surface area contributed by atoms with E-state index in [2.05, 4.69) is 92.3 Å². The number of carbonyl (C=O) groups excluding carboxylic acids is 2. The molecule has 40 nitrogen and oxygen atoms in total. The molecule has 0 aliphatic heterocycles. The summed E-state index contributed by atoms with van der Waals surface area (Å²) in [6, 6.07) is 7.97. The number of H-pyrrole nitrogens is 4. The van der Waals surface area contributed by atoms with Crippen LogP contribution in [0.5, 0.6) is 46.5 Å². The van der Waals surface area contributed by atoms with Crippen molar-refractivity contribution < 1.29 is 105 Å². The van der Waals surface area contributed by atoms with Crippen LogP contribution in [0, 0.1) is 68.2 Å². The van der Waals surface area contributed by atoms with Gasteiger partial charge in [-0.3, -0.25) is 50.0 Å². The van der Waals surface area contributed by atoms with E-state index in [1.165, 1.54) is 13.8 Å². The molecule has 460 valence electrons. The predicted octanol–water partition coefficient (Wildman–Crippen LogP) is 11.0. The van der Waals surface area contributed by atoms with Gasteiger partial charge in [-0.25, -0.2) is 20.4 Å². The quantitative estimate of drug-likeness (QED) is 0.0208. The van der Waals surface area contributed by atoms with Crippen molar-refractivity contribution in [1.29, 1.82) is 0 Å². The van der Waals surface area contributed by atoms with Gasteiger partial charge >= 0.3 is 0 Å². The molecule has 44 heteroatoms. The first kappa shape index (κ1) is 71.0. The third-order valence-corrected chi connectivity index (χ3v) is 10.9. The molecule has 8 rings (SSSR count). The standard InChI is InChI=1S/2C12H12N6O5.2C10H8ClN5O4.2Cr/c2*1-5-10(12(21)17-14-5)16-15-9-4-7(18(22)23)3-8(11(9)20)13-6(2)19;2*1-4-8(10(18)15-12-4)14-13-7-3-5(16(19)20)2-6(11)9(7)17;;/h2*3-4,20H,1-2H3,(H,13,19)(H2,14,17,21);2*2-3,17H,1H3,(H2,12,15,18);;. The molecule has 0 saturated heterocycles. The molecule has 0 spiro atoms. The number of aromatic amines is 4. The Labute approximate surface area is 519 Å². The Morgan fingerprint density at radius 2 is 0.625 bits per heavy atom. The third-order valence-electron chi connectivity index (χ3n) is 10.3. The van der Waals surface area contributed by atoms with Crippen molar-refractivity contribution in [2.45, 2.75) is 41.5 Å². The Morgan fingerprint density at radius 1 is 0.409 bits per heavy atom. The average molecular weight is 1340 g/mol. The number of nitrogens with zero attached hydrogens (tertiary/aromatic N) is 16. The molecule has 14 N–H and O–H groups in total. The minimum atomic E-state index is -0.704. The number of aryl methyl sites for hydroxylation is 4. The SMILES string of the molecule is CC(=O)Nc1cc([N+](=O)[O-])cc(N=Nc2c(C)n[nH]c2O)c1O.CC(=O)Nc1cc([N+](=O)[O-])cc(N=Nc2c(C)n[nH]c2O)c1O.Cc1n[nH]c(O)c1N=Nc1cc([N+](=O)[O-])cc(Cl)c1O.Cc1n[nH]c(O)c1N=Nc1cc([N+](=O)[O-])cc(Cl)c1O.[Cr].[Cr]. The number of anilines is 2. The average Bonchev–Trinajstić information content (AvgIpc) is 2.61. The van der Waals surface area contributed by atoms with Gasteiger partial charge < -0.3 is 51.5 Å². The zero-order valence-corrected chi connectivity index (χ0v) is 49.1. The Balaban J connectivity index is 0.000000305. The summed E-state index contributed by atoms with van der Waals surface area (Å²) in [5, 5.41) is 178. The summed E-state index contributed by atoms with van der Waals surface area (Å²) in [6.45, 7) is 8.63. The van der Waals surface area contributed by atoms with Crippen molar-refractivity contribution in [3.63, 3.8) is 0 Å². The first-order valence-corrected chi connectivity index (χ1v) is 23.7. The topological polar surface area (TPSA) is 606 Å². The number of phenolic OH excluding ortho intramolecular Hbond substituents is 4. The van der Waals surface area contributed by atoms with Crippen LogP contribution in [0.15, 0.2) is 89.4 Å². The smallest absolute Gasteiger partial charge is 0.274 e. The van der Waals surface area contributed by atoms with Crippen LogP contribution < -0.4 is 10.6 Å². The van der Waals surface area contributed by atoms with Crippen LogP contribution in [-0.4, -0.2) is 113 Å². The van der Waals surface area contributed by atoms with Crippen molar-refractivity contribution in [1.82, 2.24) is 40.8 Å². The zero-order valence-electron chi connectivity index (χ0n) is 45.0. The Hall–Kier alpha value is -11.3. The summed E-state index contributed by atoms with van der Waals surface area (Å²) in [5.41, 5.74) is -1.07. The Bertz CT molecular complexity index is 3760. The van der Waals surface area contributed by atoms with E-state index < -0.39 is 65.9 Å². The number of nitrogens with one attached hydrogen (secondary N) is 6. The summed E-state index contributed by atoms with van der Waals surface area (Å²) in [7, 11) is 0. The number of aromatic nitrogens is 8. The van der Waals surface area contributed by atoms with Gasteiger partial charge in [-0.15, -0.1) is 40.9 Å². The maximum atomic E-state index is 11.1. The van der Waals surface area contributed by atoms with Gasteiger partial charge in [0.05, 0.1) is 63.9 Å². The van der Waals surface area contributed by atoms with Gasteiger partial charge in [0.25, 0.3) is 22.7 Å². The molecule has 2 amide bonds. The number of non-ortho nitro benzene ring substituents is 4. The summed E-state index contributed by atoms with van der Waals surface area (Å²) in [6.07, 6.45) is 0. The van der Waals surface area contributed by atoms with Gasteiger partial charge in [-0.05, 0) is 27.7 Å². The van der Waals surface area contributed by atoms with Crippen LogP contribution in [0.25, 0.3) is 0 Å². The van der Waals surface area contributed by atoms with Gasteiger partial charge in [0.1, 0.15) is 22.7 Å². The van der Waals surface area contributed by atoms with Crippen LogP contribution in [0.3, 0.4) is 0 Å². The molecule has 0 unspecified atom stereocenters. The van der Waals surface area contributed by atoms with Crippen LogP contribution in [0.1, 0.15) is 36.6 Å². The van der Waals surface area contributed by atoms with E-state index in [9.17, 15) is 90.9 Å². The maximum absolute atomic E-state index is 11.1. The molecule has 0 aliphatic rings. The van der Waals surface area contributed by atoms with Crippen molar-refractivity contribution >= 4 is 115 Å². The number of aromatic hydroxyl groups is 8. The van der Waals surface area contributed by atoms with E-state index in [0.717, 1.165) is 48.5 Å². The number of amides is 2. The maximum Gasteiger partial charge on any atom is 0.274 e. The second kappa shape index (κ2) is 31.0. The molecular weight excluding hydrogens is 1300 g/mol. The van der Waals surface area contributed by atoms with E-state index in [1.54, 1.807) is 27.7 Å². The summed E-state index contributed by atoms with van der Waals surface area (Å²) < 4.78 is 0. The number of nitro benzene ring substituents is 4. The zero-order chi connectivity index (χ0) is 64.0. The first-order valence-electron chi connectivity index (χ1n) is 22.9. The van der Waals surface area contributed by atoms with Gasteiger partial charge in [-0.2, -0.15) is 20.4 Å². The number of azo groups is 4. The number of halogens is 2. The molecule has 0 bridgehead atoms. The van der Waals surface area contributed by atoms with E-state index in [-0.39, 0.29) is 137 Å². The first-order chi connectivity index (χ1) is 40.4. The van der Waals surface area contributed by atoms with Crippen LogP contribution in [0.2, 0.25) is 10.0 Å². The van der Waals surface area contributed by atoms with Crippen LogP contribution in [-0.2, 0) is 44.3 Å². The fraction of sp³-hybridized carbons (Fsp3) is 0.136. The molecule has 4 heterocycles. The summed E-state index contributed by atoms with van der Waals surface area (Å²) in [5.74, 6) is -4.19. The second-order valence-corrected chi connectivity index (χ2v) is 17.3. The Morgan fingerprint density at radius 3 is 0.818 bits per heavy atom. The van der Waals surface area contributed by atoms with Crippen LogP contribution >= 0.6 is 23.2 Å². The van der Waals surface area contributed by atoms with Crippen molar-refractivity contribution in [3.8, 4) is 46.5 Å². The number of rotatable bonds is 14. The van der Waals surface area contributed by atoms with E-state index in [1.807, 2.05) is 0 Å². The number of hydrogen-bond acceptors (Lipinski definition) is 30. The number of phenols is 4. The Kier molecular flexibility index (Phi) is 25.0. The largest absolute Gasteiger partial charge is 0.504 e. The van der Waals surface area contributed by atoms with Crippen molar-refractivity contribution in [3.05, 3.63) is 122 Å². The third kappa shape index (κ3) is 18.4. The molecule has 0 aliphatic carbocycles. The molecule has 8 aromatic rings. The summed E-state index contributed by atoms with van der Waals surface area (Å²) in [4.78, 5) is 62.7. The van der Waals surface area contributed by atoms with Gasteiger partial charge in [0.2, 0.25) is 35.3 Å². The number of hydrogen-bond donors (Lipinski definition) is 14. The summed E-state index contributed by atoms with van der Waals surface area (Å²) >= 11 is 11.3. The van der Waals surface area contributed by atoms with Crippen molar-refractivity contribution in [2.24, 2.45) is 40.9 Å². The monoisotopic (exact) mass is 1340 g/mol. The molecule has 88 heavy (non-hydrogen) atoms.